The van der Waals surface area contributed by atoms with Crippen molar-refractivity contribution in [1.82, 2.24) is 5.32 Å². The molecule has 2 fully saturated rings. The number of ether oxygens (including phenoxy) is 1. The lowest BCUT2D eigenvalue weighted by atomic mass is 10.2. The molecule has 0 saturated heterocycles. The summed E-state index contributed by atoms with van der Waals surface area (Å²) in [5.41, 5.74) is 1.11. The van der Waals surface area contributed by atoms with Gasteiger partial charge in [0.1, 0.15) is 0 Å². The molecular formula is C15H20N2O3. The van der Waals surface area contributed by atoms with Crippen molar-refractivity contribution >= 4 is 5.69 Å². The zero-order valence-electron chi connectivity index (χ0n) is 11.5. The summed E-state index contributed by atoms with van der Waals surface area (Å²) in [4.78, 5) is 10.7. The van der Waals surface area contributed by atoms with Gasteiger partial charge in [-0.15, -0.1) is 0 Å². The van der Waals surface area contributed by atoms with Crippen molar-refractivity contribution in [3.8, 4) is 5.75 Å². The lowest BCUT2D eigenvalue weighted by Gasteiger charge is -2.09. The van der Waals surface area contributed by atoms with Crippen LogP contribution in [-0.2, 0) is 6.54 Å². The number of nitro groups is 1. The van der Waals surface area contributed by atoms with Crippen LogP contribution >= 0.6 is 0 Å². The highest BCUT2D eigenvalue weighted by Gasteiger charge is 2.23. The standard InChI is InChI=1S/C15H20N2O3/c18-17(19)14-6-3-12(10-16-13-4-5-13)9-15(14)20-8-7-11-1-2-11/h3,6,9,11,13,16H,1-2,4-5,7-8,10H2. The number of rotatable bonds is 8. The molecule has 2 saturated carbocycles. The maximum absolute atomic E-state index is 11.0. The van der Waals surface area contributed by atoms with Gasteiger partial charge in [0.25, 0.3) is 0 Å². The number of hydrogen-bond donors (Lipinski definition) is 1. The minimum atomic E-state index is -0.370. The average Bonchev–Trinajstić information content (AvgIpc) is 3.30. The van der Waals surface area contributed by atoms with E-state index in [0.29, 0.717) is 18.4 Å². The van der Waals surface area contributed by atoms with E-state index >= 15 is 0 Å². The van der Waals surface area contributed by atoms with Gasteiger partial charge in [-0.05, 0) is 36.8 Å². The van der Waals surface area contributed by atoms with Crippen LogP contribution in [0.3, 0.4) is 0 Å². The number of nitrogens with one attached hydrogen (secondary N) is 1. The fourth-order valence-corrected chi connectivity index (χ4v) is 2.23. The molecule has 1 N–H and O–H groups in total. The van der Waals surface area contributed by atoms with Crippen LogP contribution in [0.4, 0.5) is 5.69 Å². The molecule has 5 nitrogen and oxygen atoms in total. The maximum atomic E-state index is 11.0. The largest absolute Gasteiger partial charge is 0.487 e. The van der Waals surface area contributed by atoms with Gasteiger partial charge in [-0.2, -0.15) is 0 Å². The van der Waals surface area contributed by atoms with E-state index in [1.165, 1.54) is 25.7 Å². The molecule has 0 bridgehead atoms. The Kier molecular flexibility index (Phi) is 3.87. The van der Waals surface area contributed by atoms with Crippen LogP contribution in [0.5, 0.6) is 5.75 Å². The van der Waals surface area contributed by atoms with Crippen LogP contribution in [0.1, 0.15) is 37.7 Å². The Morgan fingerprint density at radius 3 is 2.75 bits per heavy atom. The molecule has 2 aliphatic carbocycles. The zero-order chi connectivity index (χ0) is 13.9. The minimum absolute atomic E-state index is 0.0657. The highest BCUT2D eigenvalue weighted by molar-refractivity contribution is 5.48. The van der Waals surface area contributed by atoms with Gasteiger partial charge in [0.05, 0.1) is 11.5 Å². The summed E-state index contributed by atoms with van der Waals surface area (Å²) in [6.07, 6.45) is 6.02. The average molecular weight is 276 g/mol. The molecule has 0 amide bonds. The minimum Gasteiger partial charge on any atom is -0.487 e. The monoisotopic (exact) mass is 276 g/mol. The Morgan fingerprint density at radius 1 is 1.30 bits per heavy atom. The van der Waals surface area contributed by atoms with E-state index in [4.69, 9.17) is 4.74 Å². The third-order valence-corrected chi connectivity index (χ3v) is 3.87. The lowest BCUT2D eigenvalue weighted by molar-refractivity contribution is -0.385. The van der Waals surface area contributed by atoms with Gasteiger partial charge in [-0.3, -0.25) is 10.1 Å². The first-order valence-electron chi connectivity index (χ1n) is 7.36. The van der Waals surface area contributed by atoms with E-state index in [0.717, 1.165) is 24.4 Å². The molecule has 0 unspecified atom stereocenters. The molecule has 1 aromatic rings. The quantitative estimate of drug-likeness (QED) is 0.585. The van der Waals surface area contributed by atoms with Crippen molar-refractivity contribution in [3.63, 3.8) is 0 Å². The van der Waals surface area contributed by atoms with Crippen LogP contribution in [0.2, 0.25) is 0 Å². The first kappa shape index (κ1) is 13.4. The van der Waals surface area contributed by atoms with E-state index < -0.39 is 0 Å². The van der Waals surface area contributed by atoms with Gasteiger partial charge in [0.2, 0.25) is 0 Å². The summed E-state index contributed by atoms with van der Waals surface area (Å²) in [7, 11) is 0. The predicted octanol–water partition coefficient (Wildman–Crippen LogP) is 3.03. The molecule has 0 aromatic heterocycles. The first-order chi connectivity index (χ1) is 9.72. The van der Waals surface area contributed by atoms with Crippen molar-refractivity contribution in [2.24, 2.45) is 5.92 Å². The second-order valence-corrected chi connectivity index (χ2v) is 5.79. The molecular weight excluding hydrogens is 256 g/mol. The number of nitro benzene ring substituents is 1. The normalized spacial score (nSPS) is 18.0. The second-order valence-electron chi connectivity index (χ2n) is 5.79. The molecule has 5 heteroatoms. The zero-order valence-corrected chi connectivity index (χ0v) is 11.5. The van der Waals surface area contributed by atoms with Gasteiger partial charge >= 0.3 is 5.69 Å². The third kappa shape index (κ3) is 3.70. The van der Waals surface area contributed by atoms with Gasteiger partial charge in [0, 0.05) is 18.7 Å². The van der Waals surface area contributed by atoms with Gasteiger partial charge in [-0.1, -0.05) is 18.9 Å². The summed E-state index contributed by atoms with van der Waals surface area (Å²) in [5.74, 6) is 1.18. The first-order valence-corrected chi connectivity index (χ1v) is 7.36. The summed E-state index contributed by atoms with van der Waals surface area (Å²) in [6, 6.07) is 5.79. The van der Waals surface area contributed by atoms with Crippen molar-refractivity contribution in [2.75, 3.05) is 6.61 Å². The van der Waals surface area contributed by atoms with Crippen molar-refractivity contribution < 1.29 is 9.66 Å². The number of nitrogens with zero attached hydrogens (tertiary/aromatic N) is 1. The number of benzene rings is 1. The van der Waals surface area contributed by atoms with E-state index in [2.05, 4.69) is 5.32 Å². The highest BCUT2D eigenvalue weighted by atomic mass is 16.6. The number of hydrogen-bond acceptors (Lipinski definition) is 4. The van der Waals surface area contributed by atoms with Crippen molar-refractivity contribution in [2.45, 2.75) is 44.7 Å². The molecule has 0 radical (unpaired) electrons. The molecule has 0 heterocycles. The van der Waals surface area contributed by atoms with Crippen LogP contribution < -0.4 is 10.1 Å². The molecule has 0 spiro atoms. The molecule has 1 aromatic carbocycles. The van der Waals surface area contributed by atoms with E-state index in [1.54, 1.807) is 18.2 Å². The van der Waals surface area contributed by atoms with Crippen LogP contribution in [0, 0.1) is 16.0 Å². The smallest absolute Gasteiger partial charge is 0.310 e. The van der Waals surface area contributed by atoms with Crippen LogP contribution in [0.15, 0.2) is 18.2 Å². The van der Waals surface area contributed by atoms with E-state index in [-0.39, 0.29) is 10.6 Å². The Balaban J connectivity index is 1.64. The van der Waals surface area contributed by atoms with Crippen LogP contribution in [-0.4, -0.2) is 17.6 Å². The maximum Gasteiger partial charge on any atom is 0.310 e. The Labute approximate surface area is 118 Å². The molecule has 108 valence electrons. The van der Waals surface area contributed by atoms with Crippen molar-refractivity contribution in [3.05, 3.63) is 33.9 Å². The fourth-order valence-electron chi connectivity index (χ4n) is 2.23. The van der Waals surface area contributed by atoms with Gasteiger partial charge < -0.3 is 10.1 Å². The Bertz CT molecular complexity index is 496. The van der Waals surface area contributed by atoms with Gasteiger partial charge in [0.15, 0.2) is 5.75 Å². The topological polar surface area (TPSA) is 64.4 Å². The van der Waals surface area contributed by atoms with E-state index in [9.17, 15) is 10.1 Å². The van der Waals surface area contributed by atoms with E-state index in [1.807, 2.05) is 0 Å². The highest BCUT2D eigenvalue weighted by Crippen LogP contribution is 2.33. The predicted molar refractivity (Wildman–Crippen MR) is 75.8 cm³/mol. The molecule has 2 aliphatic rings. The Hall–Kier alpha value is -1.62. The summed E-state index contributed by atoms with van der Waals surface area (Å²) in [5, 5.41) is 14.4. The summed E-state index contributed by atoms with van der Waals surface area (Å²) < 4.78 is 5.64. The molecule has 0 atom stereocenters. The molecule has 20 heavy (non-hydrogen) atoms. The third-order valence-electron chi connectivity index (χ3n) is 3.87. The fraction of sp³-hybridized carbons (Fsp3) is 0.600. The van der Waals surface area contributed by atoms with Crippen molar-refractivity contribution in [1.29, 1.82) is 0 Å². The summed E-state index contributed by atoms with van der Waals surface area (Å²) in [6.45, 7) is 1.33. The van der Waals surface area contributed by atoms with Gasteiger partial charge in [-0.25, -0.2) is 0 Å². The Morgan fingerprint density at radius 2 is 2.10 bits per heavy atom. The summed E-state index contributed by atoms with van der Waals surface area (Å²) >= 11 is 0. The molecule has 0 aliphatic heterocycles. The lowest BCUT2D eigenvalue weighted by Crippen LogP contribution is -2.15. The molecule has 3 rings (SSSR count). The second kappa shape index (κ2) is 5.79. The van der Waals surface area contributed by atoms with Crippen LogP contribution in [0.25, 0.3) is 0 Å². The SMILES string of the molecule is O=[N+]([O-])c1ccc(CNC2CC2)cc1OCCC1CC1.